The van der Waals surface area contributed by atoms with E-state index in [4.69, 9.17) is 18.5 Å². The Labute approximate surface area is 421 Å². The normalized spacial score (nSPS) is 13.6. The highest BCUT2D eigenvalue weighted by Gasteiger charge is 2.22. The number of quaternary nitrogens is 1. The number of allylic oxidation sites excluding steroid dienone is 6. The number of phosphoric ester groups is 1. The molecule has 9 nitrogen and oxygen atoms in total. The summed E-state index contributed by atoms with van der Waals surface area (Å²) in [6.45, 7) is 4.26. The molecule has 0 amide bonds. The molecule has 0 saturated carbocycles. The van der Waals surface area contributed by atoms with Gasteiger partial charge in [0.15, 0.2) is 6.10 Å². The molecule has 0 radical (unpaired) electrons. The number of phosphoric acid groups is 1. The zero-order valence-corrected chi connectivity index (χ0v) is 46.2. The Balaban J connectivity index is 4.17. The molecule has 2 atom stereocenters. The van der Waals surface area contributed by atoms with Gasteiger partial charge in [-0.15, -0.1) is 0 Å². The van der Waals surface area contributed by atoms with E-state index in [-0.39, 0.29) is 32.0 Å². The van der Waals surface area contributed by atoms with E-state index in [1.165, 1.54) is 193 Å². The van der Waals surface area contributed by atoms with Crippen molar-refractivity contribution in [3.05, 3.63) is 36.5 Å². The van der Waals surface area contributed by atoms with Gasteiger partial charge in [-0.1, -0.05) is 224 Å². The number of carbonyl (C=O) groups is 2. The molecular weight excluding hydrogens is 870 g/mol. The second-order valence-corrected chi connectivity index (χ2v) is 22.1. The Kier molecular flexibility index (Phi) is 48.9. The van der Waals surface area contributed by atoms with Gasteiger partial charge >= 0.3 is 11.9 Å². The van der Waals surface area contributed by atoms with Gasteiger partial charge in [0.25, 0.3) is 7.82 Å². The lowest BCUT2D eigenvalue weighted by Gasteiger charge is -2.28. The summed E-state index contributed by atoms with van der Waals surface area (Å²) in [5.41, 5.74) is 0. The Bertz CT molecular complexity index is 1250. The number of hydrogen-bond donors (Lipinski definition) is 0. The van der Waals surface area contributed by atoms with Crippen molar-refractivity contribution >= 4 is 19.8 Å². The number of carbonyl (C=O) groups excluding carboxylic acids is 2. The largest absolute Gasteiger partial charge is 0.756 e. The van der Waals surface area contributed by atoms with Crippen LogP contribution in [0.4, 0.5) is 0 Å². The molecule has 0 rings (SSSR count). The van der Waals surface area contributed by atoms with Crippen LogP contribution < -0.4 is 4.89 Å². The Morgan fingerprint density at radius 3 is 1.18 bits per heavy atom. The third-order valence-electron chi connectivity index (χ3n) is 12.6. The molecule has 0 aliphatic carbocycles. The lowest BCUT2D eigenvalue weighted by molar-refractivity contribution is -0.870. The lowest BCUT2D eigenvalue weighted by atomic mass is 10.0. The fraction of sp³-hybridized carbons (Fsp3) is 0.862. The predicted octanol–water partition coefficient (Wildman–Crippen LogP) is 17.0. The standard InChI is InChI=1S/C58H110NO8P/c1-6-8-10-12-14-16-18-20-22-24-26-28-29-31-33-35-37-39-41-43-45-47-49-51-58(61)67-56(55-66-68(62,63)65-53-52-59(3,4)5)54-64-57(60)50-48-46-44-42-40-38-36-34-32-30-27-25-23-21-19-17-15-13-11-9-7-2/h18,20,24-27,56H,6-17,19,21-23,28-55H2,1-5H3/b20-18-,26-24-,27-25-. The maximum Gasteiger partial charge on any atom is 0.306 e. The third kappa shape index (κ3) is 53.6. The van der Waals surface area contributed by atoms with Crippen LogP contribution in [0.5, 0.6) is 0 Å². The smallest absolute Gasteiger partial charge is 0.306 e. The number of hydrogen-bond acceptors (Lipinski definition) is 8. The minimum absolute atomic E-state index is 0.0307. The van der Waals surface area contributed by atoms with E-state index in [1.54, 1.807) is 0 Å². The van der Waals surface area contributed by atoms with Gasteiger partial charge in [-0.05, 0) is 70.6 Å². The van der Waals surface area contributed by atoms with Gasteiger partial charge in [0.1, 0.15) is 19.8 Å². The average Bonchev–Trinajstić information content (AvgIpc) is 3.30. The van der Waals surface area contributed by atoms with Crippen LogP contribution in [0.1, 0.15) is 271 Å². The minimum atomic E-state index is -4.63. The van der Waals surface area contributed by atoms with Crippen molar-refractivity contribution < 1.29 is 42.1 Å². The fourth-order valence-corrected chi connectivity index (χ4v) is 8.88. The third-order valence-corrected chi connectivity index (χ3v) is 13.6. The second-order valence-electron chi connectivity index (χ2n) is 20.6. The summed E-state index contributed by atoms with van der Waals surface area (Å²) < 4.78 is 34.2. The summed E-state index contributed by atoms with van der Waals surface area (Å²) in [7, 11) is 1.17. The molecule has 0 heterocycles. The van der Waals surface area contributed by atoms with Gasteiger partial charge in [-0.2, -0.15) is 0 Å². The van der Waals surface area contributed by atoms with Crippen LogP contribution in [0.2, 0.25) is 0 Å². The number of rotatable bonds is 53. The minimum Gasteiger partial charge on any atom is -0.756 e. The molecule has 0 saturated heterocycles. The summed E-state index contributed by atoms with van der Waals surface area (Å²) in [5.74, 6) is -0.828. The van der Waals surface area contributed by atoms with E-state index in [0.29, 0.717) is 17.4 Å². The molecule has 0 aromatic heterocycles. The maximum atomic E-state index is 12.8. The van der Waals surface area contributed by atoms with Crippen LogP contribution in [0.3, 0.4) is 0 Å². The predicted molar refractivity (Wildman–Crippen MR) is 287 cm³/mol. The van der Waals surface area contributed by atoms with Gasteiger partial charge in [-0.25, -0.2) is 0 Å². The molecule has 0 aliphatic rings. The summed E-state index contributed by atoms with van der Waals surface area (Å²) in [6.07, 6.45) is 60.4. The summed E-state index contributed by atoms with van der Waals surface area (Å²) in [4.78, 5) is 37.8. The van der Waals surface area contributed by atoms with Gasteiger partial charge < -0.3 is 27.9 Å². The fourth-order valence-electron chi connectivity index (χ4n) is 8.15. The highest BCUT2D eigenvalue weighted by atomic mass is 31.2. The molecule has 10 heteroatoms. The molecular formula is C58H110NO8P. The lowest BCUT2D eigenvalue weighted by Crippen LogP contribution is -2.37. The summed E-state index contributed by atoms with van der Waals surface area (Å²) >= 11 is 0. The number of ether oxygens (including phenoxy) is 2. The van der Waals surface area contributed by atoms with E-state index < -0.39 is 26.5 Å². The number of nitrogens with zero attached hydrogens (tertiary/aromatic N) is 1. The molecule has 0 N–H and O–H groups in total. The first-order valence-corrected chi connectivity index (χ1v) is 30.2. The van der Waals surface area contributed by atoms with Crippen LogP contribution in [-0.2, 0) is 32.7 Å². The highest BCUT2D eigenvalue weighted by Crippen LogP contribution is 2.38. The van der Waals surface area contributed by atoms with E-state index in [9.17, 15) is 19.0 Å². The Morgan fingerprint density at radius 2 is 0.794 bits per heavy atom. The van der Waals surface area contributed by atoms with Crippen molar-refractivity contribution in [2.45, 2.75) is 277 Å². The number of esters is 2. The van der Waals surface area contributed by atoms with Crippen molar-refractivity contribution in [2.75, 3.05) is 47.5 Å². The van der Waals surface area contributed by atoms with Gasteiger partial charge in [0.2, 0.25) is 0 Å². The average molecular weight is 980 g/mol. The molecule has 400 valence electrons. The first kappa shape index (κ1) is 66.2. The van der Waals surface area contributed by atoms with Crippen LogP contribution in [0.15, 0.2) is 36.5 Å². The summed E-state index contributed by atoms with van der Waals surface area (Å²) in [6, 6.07) is 0. The molecule has 0 bridgehead atoms. The first-order valence-electron chi connectivity index (χ1n) is 28.7. The van der Waals surface area contributed by atoms with Crippen LogP contribution in [0, 0.1) is 0 Å². The molecule has 0 aliphatic heterocycles. The van der Waals surface area contributed by atoms with Crippen molar-refractivity contribution in [3.63, 3.8) is 0 Å². The SMILES string of the molecule is CCCCCCC/C=C\C/C=C\CCCCCCCCCCCCCC(=O)OC(COC(=O)CCCCCCCCCCC/C=C\CCCCCCCCCC)COP(=O)([O-])OCC[N+](C)(C)C. The van der Waals surface area contributed by atoms with Crippen LogP contribution in [0.25, 0.3) is 0 Å². The van der Waals surface area contributed by atoms with Crippen molar-refractivity contribution in [1.29, 1.82) is 0 Å². The molecule has 0 spiro atoms. The molecule has 0 fully saturated rings. The van der Waals surface area contributed by atoms with Crippen LogP contribution in [-0.4, -0.2) is 70.0 Å². The van der Waals surface area contributed by atoms with E-state index in [2.05, 4.69) is 50.3 Å². The highest BCUT2D eigenvalue weighted by molar-refractivity contribution is 7.45. The Morgan fingerprint density at radius 1 is 0.456 bits per heavy atom. The molecule has 68 heavy (non-hydrogen) atoms. The van der Waals surface area contributed by atoms with E-state index >= 15 is 0 Å². The van der Waals surface area contributed by atoms with Crippen molar-refractivity contribution in [2.24, 2.45) is 0 Å². The van der Waals surface area contributed by atoms with Crippen molar-refractivity contribution in [3.8, 4) is 0 Å². The second kappa shape index (κ2) is 50.2. The number of unbranched alkanes of at least 4 members (excludes halogenated alkanes) is 33. The zero-order chi connectivity index (χ0) is 49.9. The maximum absolute atomic E-state index is 12.8. The van der Waals surface area contributed by atoms with Crippen molar-refractivity contribution in [1.82, 2.24) is 0 Å². The van der Waals surface area contributed by atoms with Gasteiger partial charge in [0, 0.05) is 12.8 Å². The monoisotopic (exact) mass is 980 g/mol. The summed E-state index contributed by atoms with van der Waals surface area (Å²) in [5, 5.41) is 0. The first-order chi connectivity index (χ1) is 33.0. The quantitative estimate of drug-likeness (QED) is 0.0195. The molecule has 0 aromatic rings. The van der Waals surface area contributed by atoms with Gasteiger partial charge in [0.05, 0.1) is 27.7 Å². The van der Waals surface area contributed by atoms with Gasteiger partial charge in [-0.3, -0.25) is 14.2 Å². The molecule has 2 unspecified atom stereocenters. The van der Waals surface area contributed by atoms with Crippen LogP contribution >= 0.6 is 7.82 Å². The molecule has 0 aromatic carbocycles. The Hall–Kier alpha value is -1.77. The topological polar surface area (TPSA) is 111 Å². The number of likely N-dealkylation sites (N-methyl/N-ethyl adjacent to an activating group) is 1. The van der Waals surface area contributed by atoms with E-state index in [1.807, 2.05) is 21.1 Å². The van der Waals surface area contributed by atoms with E-state index in [0.717, 1.165) is 44.9 Å². The zero-order valence-electron chi connectivity index (χ0n) is 45.3.